The lowest BCUT2D eigenvalue weighted by atomic mass is 9.86. The second-order valence-corrected chi connectivity index (χ2v) is 11.9. The summed E-state index contributed by atoms with van der Waals surface area (Å²) < 4.78 is 34.3. The molecular formula is C34H40F2INO3. The molecular weight excluding hydrogens is 635 g/mol. The number of unbranched alkanes of at least 4 members (excludes halogenated alkanes) is 7. The number of halogens is 3. The smallest absolute Gasteiger partial charge is 0.226 e. The van der Waals surface area contributed by atoms with Crippen LogP contribution in [0.1, 0.15) is 99.1 Å². The number of benzene rings is 3. The van der Waals surface area contributed by atoms with Crippen molar-refractivity contribution in [3.05, 3.63) is 101 Å². The molecule has 1 N–H and O–H groups in total. The summed E-state index contributed by atoms with van der Waals surface area (Å²) in [6.45, 7) is 0.691. The van der Waals surface area contributed by atoms with E-state index in [9.17, 15) is 18.7 Å². The van der Waals surface area contributed by atoms with E-state index in [0.717, 1.165) is 23.3 Å². The van der Waals surface area contributed by atoms with Crippen LogP contribution in [0.15, 0.2) is 72.8 Å². The number of nitrogens with zero attached hydrogens (tertiary/aromatic N) is 1. The fraction of sp³-hybridized carbons (Fsp3) is 0.441. The molecule has 1 aliphatic rings. The molecule has 0 spiro atoms. The first-order valence-corrected chi connectivity index (χ1v) is 16.3. The normalized spacial score (nSPS) is 16.3. The van der Waals surface area contributed by atoms with Crippen molar-refractivity contribution >= 4 is 28.5 Å². The maximum Gasteiger partial charge on any atom is 0.226 e. The van der Waals surface area contributed by atoms with Crippen molar-refractivity contribution in [2.45, 2.75) is 82.4 Å². The van der Waals surface area contributed by atoms with Gasteiger partial charge < -0.3 is 14.7 Å². The quantitative estimate of drug-likeness (QED) is 0.0673. The number of rotatable bonds is 17. The molecule has 7 heteroatoms. The van der Waals surface area contributed by atoms with Crippen LogP contribution in [0, 0.1) is 11.6 Å². The molecule has 1 amide bonds. The molecule has 0 aliphatic carbocycles. The molecule has 1 fully saturated rings. The van der Waals surface area contributed by atoms with E-state index in [1.807, 2.05) is 24.3 Å². The molecule has 41 heavy (non-hydrogen) atoms. The largest absolute Gasteiger partial charge is 0.494 e. The van der Waals surface area contributed by atoms with E-state index in [2.05, 4.69) is 22.6 Å². The van der Waals surface area contributed by atoms with Gasteiger partial charge in [-0.25, -0.2) is 8.78 Å². The lowest BCUT2D eigenvalue weighted by Crippen LogP contribution is -2.48. The molecule has 1 saturated heterocycles. The Morgan fingerprint density at radius 1 is 0.780 bits per heavy atom. The van der Waals surface area contributed by atoms with Crippen molar-refractivity contribution in [3.63, 3.8) is 0 Å². The number of hydrogen-bond donors (Lipinski definition) is 1. The van der Waals surface area contributed by atoms with Crippen molar-refractivity contribution in [3.8, 4) is 5.75 Å². The monoisotopic (exact) mass is 675 g/mol. The van der Waals surface area contributed by atoms with Gasteiger partial charge in [0.2, 0.25) is 5.91 Å². The number of aliphatic hydroxyl groups is 1. The van der Waals surface area contributed by atoms with Crippen molar-refractivity contribution < 1.29 is 23.4 Å². The van der Waals surface area contributed by atoms with E-state index in [0.29, 0.717) is 18.6 Å². The van der Waals surface area contributed by atoms with Crippen LogP contribution in [0.5, 0.6) is 5.75 Å². The first-order valence-electron chi connectivity index (χ1n) is 14.7. The Labute approximate surface area is 256 Å². The summed E-state index contributed by atoms with van der Waals surface area (Å²) in [7, 11) is 0. The number of aliphatic hydroxyl groups excluding tert-OH is 1. The summed E-state index contributed by atoms with van der Waals surface area (Å²) in [5.41, 5.74) is 2.30. The molecule has 0 bridgehead atoms. The number of carbonyl (C=O) groups is 1. The lowest BCUT2D eigenvalue weighted by molar-refractivity contribution is -0.152. The fourth-order valence-corrected chi connectivity index (χ4v) is 6.00. The van der Waals surface area contributed by atoms with Gasteiger partial charge in [-0.2, -0.15) is 0 Å². The Morgan fingerprint density at radius 2 is 1.32 bits per heavy atom. The van der Waals surface area contributed by atoms with Crippen LogP contribution in [0.25, 0.3) is 0 Å². The molecule has 0 radical (unpaired) electrons. The second-order valence-electron chi connectivity index (χ2n) is 10.8. The molecule has 4 rings (SSSR count). The minimum Gasteiger partial charge on any atom is -0.494 e. The third-order valence-electron chi connectivity index (χ3n) is 7.85. The van der Waals surface area contributed by atoms with E-state index in [4.69, 9.17) is 4.74 Å². The summed E-state index contributed by atoms with van der Waals surface area (Å²) in [6.07, 6.45) is 9.77. The highest BCUT2D eigenvalue weighted by Crippen LogP contribution is 2.45. The van der Waals surface area contributed by atoms with Gasteiger partial charge in [-0.05, 0) is 70.4 Å². The topological polar surface area (TPSA) is 49.8 Å². The fourth-order valence-electron chi connectivity index (χ4n) is 5.46. The van der Waals surface area contributed by atoms with E-state index in [1.165, 1.54) is 73.6 Å². The molecule has 3 unspecified atom stereocenters. The van der Waals surface area contributed by atoms with E-state index in [1.54, 1.807) is 29.2 Å². The Morgan fingerprint density at radius 3 is 1.88 bits per heavy atom. The van der Waals surface area contributed by atoms with Gasteiger partial charge in [0.1, 0.15) is 17.4 Å². The second kappa shape index (κ2) is 16.2. The Hall–Kier alpha value is -2.52. The van der Waals surface area contributed by atoms with Crippen LogP contribution in [0.4, 0.5) is 8.78 Å². The number of β-lactam (4-membered cyclic amide) rings is 1. The molecule has 1 aliphatic heterocycles. The molecule has 4 nitrogen and oxygen atoms in total. The van der Waals surface area contributed by atoms with E-state index < -0.39 is 12.1 Å². The van der Waals surface area contributed by atoms with Crippen LogP contribution in [0.2, 0.25) is 0 Å². The van der Waals surface area contributed by atoms with Crippen LogP contribution in [-0.4, -0.2) is 26.9 Å². The molecule has 0 aromatic heterocycles. The third kappa shape index (κ3) is 9.23. The maximum atomic E-state index is 13.7. The lowest BCUT2D eigenvalue weighted by Gasteiger charge is -2.47. The molecule has 3 atom stereocenters. The van der Waals surface area contributed by atoms with Gasteiger partial charge in [0.05, 0.1) is 31.2 Å². The van der Waals surface area contributed by atoms with Crippen LogP contribution in [0.3, 0.4) is 0 Å². The molecule has 3 aromatic carbocycles. The Kier molecular flexibility index (Phi) is 12.4. The number of carbonyl (C=O) groups excluding carboxylic acids is 1. The van der Waals surface area contributed by atoms with Crippen LogP contribution >= 0.6 is 22.6 Å². The first kappa shape index (κ1) is 31.4. The van der Waals surface area contributed by atoms with E-state index in [-0.39, 0.29) is 30.0 Å². The van der Waals surface area contributed by atoms with Gasteiger partial charge in [-0.15, -0.1) is 0 Å². The summed E-state index contributed by atoms with van der Waals surface area (Å²) in [5, 5.41) is 11.0. The number of ether oxygens (including phenoxy) is 1. The van der Waals surface area contributed by atoms with Gasteiger partial charge in [-0.3, -0.25) is 4.79 Å². The zero-order valence-electron chi connectivity index (χ0n) is 23.5. The Bertz CT molecular complexity index is 1200. The number of likely N-dealkylation sites (tertiary alicyclic amines) is 1. The predicted molar refractivity (Wildman–Crippen MR) is 167 cm³/mol. The van der Waals surface area contributed by atoms with Crippen molar-refractivity contribution in [2.75, 3.05) is 11.0 Å². The van der Waals surface area contributed by atoms with Gasteiger partial charge in [0, 0.05) is 6.42 Å². The molecule has 220 valence electrons. The average molecular weight is 676 g/mol. The highest BCUT2D eigenvalue weighted by Gasteiger charge is 2.42. The maximum absolute atomic E-state index is 13.7. The summed E-state index contributed by atoms with van der Waals surface area (Å²) >= 11 is 2.44. The number of amides is 1. The van der Waals surface area contributed by atoms with Gasteiger partial charge in [0.15, 0.2) is 0 Å². The SMILES string of the molecule is O=C1CC(c2ccc(OCCCCCCCCCCI)cc2)N1C(CC(O)c1ccc(F)cc1)c1ccc(F)cc1. The predicted octanol–water partition coefficient (Wildman–Crippen LogP) is 9.04. The minimum atomic E-state index is -0.920. The molecule has 0 saturated carbocycles. The van der Waals surface area contributed by atoms with Gasteiger partial charge in [0.25, 0.3) is 0 Å². The molecule has 1 heterocycles. The highest BCUT2D eigenvalue weighted by molar-refractivity contribution is 14.1. The summed E-state index contributed by atoms with van der Waals surface area (Å²) in [5.74, 6) is 0.0396. The summed E-state index contributed by atoms with van der Waals surface area (Å²) in [4.78, 5) is 14.7. The zero-order valence-corrected chi connectivity index (χ0v) is 25.6. The van der Waals surface area contributed by atoms with Crippen molar-refractivity contribution in [1.29, 1.82) is 0 Å². The van der Waals surface area contributed by atoms with E-state index >= 15 is 0 Å². The zero-order chi connectivity index (χ0) is 29.0. The highest BCUT2D eigenvalue weighted by atomic mass is 127. The minimum absolute atomic E-state index is 0.0269. The first-order chi connectivity index (χ1) is 20.0. The summed E-state index contributed by atoms with van der Waals surface area (Å²) in [6, 6.07) is 19.0. The van der Waals surface area contributed by atoms with Crippen molar-refractivity contribution in [1.82, 2.24) is 4.90 Å². The van der Waals surface area contributed by atoms with Crippen molar-refractivity contribution in [2.24, 2.45) is 0 Å². The van der Waals surface area contributed by atoms with Gasteiger partial charge in [-0.1, -0.05) is 97.5 Å². The average Bonchev–Trinajstić information content (AvgIpc) is 2.97. The Balaban J connectivity index is 1.34. The number of hydrogen-bond acceptors (Lipinski definition) is 3. The third-order valence-corrected chi connectivity index (χ3v) is 8.61. The number of alkyl halides is 1. The van der Waals surface area contributed by atoms with Crippen LogP contribution < -0.4 is 4.74 Å². The molecule has 3 aromatic rings. The van der Waals surface area contributed by atoms with Gasteiger partial charge >= 0.3 is 0 Å². The van der Waals surface area contributed by atoms with Crippen LogP contribution in [-0.2, 0) is 4.79 Å². The standard InChI is InChI=1S/C34H40F2INO3/c35-28-15-9-25(10-16-28)31(23-33(39)27-11-17-29(36)18-12-27)38-32(24-34(38)40)26-13-19-30(20-14-26)41-22-8-6-4-2-1-3-5-7-21-37/h9-20,31-33,39H,1-8,21-24H2.